The Bertz CT molecular complexity index is 1110. The van der Waals surface area contributed by atoms with Crippen LogP contribution in [0.2, 0.25) is 0 Å². The molecule has 8 heteroatoms. The number of rotatable bonds is 10. The number of carbonyl (C=O) groups is 1. The maximum absolute atomic E-state index is 13.2. The molecule has 2 heterocycles. The Kier molecular flexibility index (Phi) is 7.22. The molecule has 0 unspecified atom stereocenters. The minimum absolute atomic E-state index is 0.0523. The van der Waals surface area contributed by atoms with Crippen LogP contribution in [0.25, 0.3) is 10.2 Å². The summed E-state index contributed by atoms with van der Waals surface area (Å²) in [5.74, 6) is 1.17. The van der Waals surface area contributed by atoms with E-state index < -0.39 is 0 Å². The van der Waals surface area contributed by atoms with Gasteiger partial charge in [-0.15, -0.1) is 11.8 Å². The first-order chi connectivity index (χ1) is 15.2. The van der Waals surface area contributed by atoms with E-state index in [0.717, 1.165) is 33.8 Å². The Labute approximate surface area is 189 Å². The van der Waals surface area contributed by atoms with Crippen molar-refractivity contribution in [1.82, 2.24) is 14.5 Å². The van der Waals surface area contributed by atoms with E-state index in [-0.39, 0.29) is 5.91 Å². The van der Waals surface area contributed by atoms with Gasteiger partial charge in [-0.2, -0.15) is 0 Å². The van der Waals surface area contributed by atoms with Gasteiger partial charge in [0.15, 0.2) is 5.13 Å². The van der Waals surface area contributed by atoms with Crippen LogP contribution in [-0.4, -0.2) is 39.3 Å². The third-order valence-corrected chi connectivity index (χ3v) is 6.71. The highest BCUT2D eigenvalue weighted by Crippen LogP contribution is 2.34. The zero-order chi connectivity index (χ0) is 21.5. The van der Waals surface area contributed by atoms with Crippen LogP contribution in [0.15, 0.2) is 72.1 Å². The molecule has 0 aliphatic carbocycles. The molecule has 4 rings (SSSR count). The zero-order valence-corrected chi connectivity index (χ0v) is 18.9. The van der Waals surface area contributed by atoms with Gasteiger partial charge in [0.1, 0.15) is 11.3 Å². The predicted molar refractivity (Wildman–Crippen MR) is 127 cm³/mol. The molecule has 0 aliphatic heterocycles. The number of thioether (sulfide) groups is 1. The highest BCUT2D eigenvalue weighted by molar-refractivity contribution is 8.00. The normalized spacial score (nSPS) is 11.0. The molecule has 0 saturated heterocycles. The molecular formula is C23H24N4O2S2. The van der Waals surface area contributed by atoms with E-state index in [1.54, 1.807) is 24.3 Å². The Morgan fingerprint density at radius 2 is 2.06 bits per heavy atom. The summed E-state index contributed by atoms with van der Waals surface area (Å²) in [6.45, 7) is 3.92. The first kappa shape index (κ1) is 21.4. The quantitative estimate of drug-likeness (QED) is 0.313. The minimum atomic E-state index is 0.0523. The molecule has 0 radical (unpaired) electrons. The Balaban J connectivity index is 1.54. The molecule has 0 N–H and O–H groups in total. The van der Waals surface area contributed by atoms with Crippen LogP contribution < -0.4 is 9.64 Å². The van der Waals surface area contributed by atoms with Crippen molar-refractivity contribution in [3.05, 3.63) is 67.3 Å². The molecule has 160 valence electrons. The Morgan fingerprint density at radius 1 is 1.19 bits per heavy atom. The number of imidazole rings is 1. The number of amides is 1. The number of para-hydroxylation sites is 1. The number of aromatic nitrogens is 3. The van der Waals surface area contributed by atoms with Crippen molar-refractivity contribution in [3.8, 4) is 5.75 Å². The molecule has 0 bridgehead atoms. The van der Waals surface area contributed by atoms with Crippen molar-refractivity contribution in [2.75, 3.05) is 23.8 Å². The SMILES string of the molecule is CCOc1cccc2sc(N(CCCn3ccnc3)C(=O)CSc3ccccc3)nc12. The Morgan fingerprint density at radius 3 is 2.84 bits per heavy atom. The summed E-state index contributed by atoms with van der Waals surface area (Å²) in [4.78, 5) is 25.0. The lowest BCUT2D eigenvalue weighted by atomic mass is 10.3. The molecular weight excluding hydrogens is 428 g/mol. The van der Waals surface area contributed by atoms with Crippen molar-refractivity contribution in [2.45, 2.75) is 24.8 Å². The third-order valence-electron chi connectivity index (χ3n) is 4.67. The maximum Gasteiger partial charge on any atom is 0.239 e. The van der Waals surface area contributed by atoms with Crippen LogP contribution in [-0.2, 0) is 11.3 Å². The number of ether oxygens (including phenoxy) is 1. The molecule has 0 spiro atoms. The van der Waals surface area contributed by atoms with Crippen molar-refractivity contribution in [2.24, 2.45) is 0 Å². The number of aryl methyl sites for hydroxylation is 1. The highest BCUT2D eigenvalue weighted by atomic mass is 32.2. The number of benzene rings is 2. The first-order valence-corrected chi connectivity index (χ1v) is 12.0. The molecule has 4 aromatic rings. The number of hydrogen-bond donors (Lipinski definition) is 0. The highest BCUT2D eigenvalue weighted by Gasteiger charge is 2.21. The zero-order valence-electron chi connectivity index (χ0n) is 17.3. The van der Waals surface area contributed by atoms with Gasteiger partial charge in [0.05, 0.1) is 23.4 Å². The smallest absolute Gasteiger partial charge is 0.239 e. The summed E-state index contributed by atoms with van der Waals surface area (Å²) in [6, 6.07) is 15.9. The van der Waals surface area contributed by atoms with Gasteiger partial charge in [-0.25, -0.2) is 9.97 Å². The van der Waals surface area contributed by atoms with Gasteiger partial charge >= 0.3 is 0 Å². The summed E-state index contributed by atoms with van der Waals surface area (Å²) in [6.07, 6.45) is 6.31. The largest absolute Gasteiger partial charge is 0.492 e. The summed E-state index contributed by atoms with van der Waals surface area (Å²) < 4.78 is 8.77. The molecule has 0 aliphatic rings. The van der Waals surface area contributed by atoms with Gasteiger partial charge in [0, 0.05) is 30.4 Å². The average Bonchev–Trinajstić information content (AvgIpc) is 3.46. The molecule has 2 aromatic heterocycles. The van der Waals surface area contributed by atoms with Gasteiger partial charge in [-0.05, 0) is 37.6 Å². The van der Waals surface area contributed by atoms with E-state index >= 15 is 0 Å². The fraction of sp³-hybridized carbons (Fsp3) is 0.261. The lowest BCUT2D eigenvalue weighted by Gasteiger charge is -2.20. The average molecular weight is 453 g/mol. The van der Waals surface area contributed by atoms with Crippen molar-refractivity contribution in [1.29, 1.82) is 0 Å². The van der Waals surface area contributed by atoms with Crippen molar-refractivity contribution in [3.63, 3.8) is 0 Å². The van der Waals surface area contributed by atoms with E-state index in [2.05, 4.69) is 4.98 Å². The van der Waals surface area contributed by atoms with E-state index in [9.17, 15) is 4.79 Å². The number of thiazole rings is 1. The number of carbonyl (C=O) groups excluding carboxylic acids is 1. The van der Waals surface area contributed by atoms with Crippen LogP contribution in [0.3, 0.4) is 0 Å². The molecule has 6 nitrogen and oxygen atoms in total. The molecule has 0 atom stereocenters. The van der Waals surface area contributed by atoms with Gasteiger partial charge in [0.2, 0.25) is 5.91 Å². The second-order valence-electron chi connectivity index (χ2n) is 6.83. The minimum Gasteiger partial charge on any atom is -0.492 e. The lowest BCUT2D eigenvalue weighted by Crippen LogP contribution is -2.33. The predicted octanol–water partition coefficient (Wildman–Crippen LogP) is 5.11. The Hall–Kier alpha value is -2.84. The number of nitrogens with zero attached hydrogens (tertiary/aromatic N) is 4. The van der Waals surface area contributed by atoms with Crippen LogP contribution >= 0.6 is 23.1 Å². The maximum atomic E-state index is 13.2. The van der Waals surface area contributed by atoms with Crippen molar-refractivity contribution >= 4 is 44.4 Å². The standard InChI is InChI=1S/C23H24N4O2S2/c1-2-29-19-10-6-11-20-22(19)25-23(31-20)27(14-7-13-26-15-12-24-17-26)21(28)16-30-18-8-4-3-5-9-18/h3-6,8-12,15,17H,2,7,13-14,16H2,1H3. The topological polar surface area (TPSA) is 60.2 Å². The third kappa shape index (κ3) is 5.45. The second kappa shape index (κ2) is 10.5. The van der Waals surface area contributed by atoms with E-state index in [1.807, 2.05) is 71.1 Å². The fourth-order valence-corrected chi connectivity index (χ4v) is 5.02. The molecule has 0 saturated carbocycles. The molecule has 2 aromatic carbocycles. The van der Waals surface area contributed by atoms with E-state index in [1.165, 1.54) is 11.3 Å². The second-order valence-corrected chi connectivity index (χ2v) is 8.89. The van der Waals surface area contributed by atoms with Gasteiger partial charge < -0.3 is 9.30 Å². The summed E-state index contributed by atoms with van der Waals surface area (Å²) >= 11 is 3.08. The van der Waals surface area contributed by atoms with E-state index in [0.29, 0.717) is 24.0 Å². The number of fused-ring (bicyclic) bond motifs is 1. The molecule has 0 fully saturated rings. The van der Waals surface area contributed by atoms with Gasteiger partial charge in [0.25, 0.3) is 0 Å². The number of anilines is 1. The summed E-state index contributed by atoms with van der Waals surface area (Å²) in [5.41, 5.74) is 0.812. The van der Waals surface area contributed by atoms with Crippen LogP contribution in [0.4, 0.5) is 5.13 Å². The van der Waals surface area contributed by atoms with Crippen LogP contribution in [0, 0.1) is 0 Å². The summed E-state index contributed by atoms with van der Waals surface area (Å²) in [5, 5.41) is 0.714. The van der Waals surface area contributed by atoms with Gasteiger partial charge in [-0.1, -0.05) is 35.6 Å². The van der Waals surface area contributed by atoms with Crippen LogP contribution in [0.5, 0.6) is 5.75 Å². The van der Waals surface area contributed by atoms with Gasteiger partial charge in [-0.3, -0.25) is 9.69 Å². The van der Waals surface area contributed by atoms with Crippen LogP contribution in [0.1, 0.15) is 13.3 Å². The van der Waals surface area contributed by atoms with E-state index in [4.69, 9.17) is 9.72 Å². The fourth-order valence-electron chi connectivity index (χ4n) is 3.20. The van der Waals surface area contributed by atoms with Crippen molar-refractivity contribution < 1.29 is 9.53 Å². The summed E-state index contributed by atoms with van der Waals surface area (Å²) in [7, 11) is 0. The molecule has 1 amide bonds. The molecule has 31 heavy (non-hydrogen) atoms. The number of hydrogen-bond acceptors (Lipinski definition) is 6. The lowest BCUT2D eigenvalue weighted by molar-refractivity contribution is -0.116. The monoisotopic (exact) mass is 452 g/mol. The first-order valence-electron chi connectivity index (χ1n) is 10.2.